The molecule has 4 rings (SSSR count). The van der Waals surface area contributed by atoms with Crippen LogP contribution >= 0.6 is 11.3 Å². The Hall–Kier alpha value is -3.79. The third-order valence-corrected chi connectivity index (χ3v) is 5.25. The summed E-state index contributed by atoms with van der Waals surface area (Å²) < 4.78 is 12.4. The number of fused-ring (bicyclic) bond motifs is 1. The average molecular weight is 410 g/mol. The van der Waals surface area contributed by atoms with Crippen molar-refractivity contribution in [2.75, 3.05) is 14.2 Å². The molecule has 0 fully saturated rings. The number of benzene rings is 2. The summed E-state index contributed by atoms with van der Waals surface area (Å²) in [6, 6.07) is 11.2. The standard InChI is InChI=1S/C19H14N4O5S/c1-27-14-8-5-12(10-15(14)28-2)17-20-21-19-22(17)18(24)16(29-19)9-11-3-6-13(7-4-11)23(25)26/h3-10H,1-2H3/b16-9+. The molecule has 0 aliphatic carbocycles. The predicted octanol–water partition coefficient (Wildman–Crippen LogP) is 2.29. The maximum Gasteiger partial charge on any atom is 0.276 e. The monoisotopic (exact) mass is 410 g/mol. The number of hydrogen-bond donors (Lipinski definition) is 0. The molecule has 0 N–H and O–H groups in total. The van der Waals surface area contributed by atoms with E-state index in [9.17, 15) is 14.9 Å². The minimum atomic E-state index is -0.469. The zero-order valence-corrected chi connectivity index (χ0v) is 16.2. The van der Waals surface area contributed by atoms with Crippen molar-refractivity contribution < 1.29 is 14.4 Å². The van der Waals surface area contributed by atoms with Gasteiger partial charge in [0.1, 0.15) is 0 Å². The second kappa shape index (κ2) is 7.32. The molecule has 146 valence electrons. The average Bonchev–Trinajstić information content (AvgIpc) is 3.28. The molecule has 0 atom stereocenters. The third kappa shape index (κ3) is 3.29. The molecule has 0 saturated heterocycles. The van der Waals surface area contributed by atoms with Crippen LogP contribution in [0.1, 0.15) is 5.56 Å². The first-order valence-corrected chi connectivity index (χ1v) is 9.20. The van der Waals surface area contributed by atoms with E-state index in [-0.39, 0.29) is 11.2 Å². The van der Waals surface area contributed by atoms with Crippen molar-refractivity contribution in [3.63, 3.8) is 0 Å². The van der Waals surface area contributed by atoms with Gasteiger partial charge in [0, 0.05) is 17.7 Å². The molecule has 0 unspecified atom stereocenters. The van der Waals surface area contributed by atoms with Gasteiger partial charge in [-0.3, -0.25) is 14.9 Å². The van der Waals surface area contributed by atoms with Crippen molar-refractivity contribution in [1.82, 2.24) is 14.6 Å². The van der Waals surface area contributed by atoms with Gasteiger partial charge >= 0.3 is 0 Å². The van der Waals surface area contributed by atoms with Gasteiger partial charge in [0.25, 0.3) is 11.2 Å². The van der Waals surface area contributed by atoms with E-state index in [4.69, 9.17) is 9.47 Å². The first-order valence-electron chi connectivity index (χ1n) is 8.38. The second-order valence-corrected chi connectivity index (χ2v) is 6.98. The maximum atomic E-state index is 12.9. The van der Waals surface area contributed by atoms with E-state index in [1.54, 1.807) is 43.5 Å². The lowest BCUT2D eigenvalue weighted by molar-refractivity contribution is -0.384. The van der Waals surface area contributed by atoms with Crippen LogP contribution < -0.4 is 19.6 Å². The Balaban J connectivity index is 1.81. The molecule has 9 nitrogen and oxygen atoms in total. The minimum absolute atomic E-state index is 0.00887. The summed E-state index contributed by atoms with van der Waals surface area (Å²) in [6.07, 6.45) is 1.67. The summed E-state index contributed by atoms with van der Waals surface area (Å²) in [6.45, 7) is 0. The van der Waals surface area contributed by atoms with E-state index in [1.807, 2.05) is 0 Å². The first kappa shape index (κ1) is 18.6. The first-order chi connectivity index (χ1) is 14.0. The van der Waals surface area contributed by atoms with Gasteiger partial charge < -0.3 is 9.47 Å². The van der Waals surface area contributed by atoms with Crippen molar-refractivity contribution in [1.29, 1.82) is 0 Å². The summed E-state index contributed by atoms with van der Waals surface area (Å²) in [4.78, 5) is 23.7. The largest absolute Gasteiger partial charge is 0.493 e. The van der Waals surface area contributed by atoms with E-state index in [1.165, 1.54) is 35.0 Å². The Morgan fingerprint density at radius 2 is 1.79 bits per heavy atom. The number of thiazole rings is 1. The van der Waals surface area contributed by atoms with Crippen LogP contribution in [0.3, 0.4) is 0 Å². The fourth-order valence-corrected chi connectivity index (χ4v) is 3.78. The van der Waals surface area contributed by atoms with Crippen LogP contribution in [-0.2, 0) is 0 Å². The predicted molar refractivity (Wildman–Crippen MR) is 108 cm³/mol. The number of hydrogen-bond acceptors (Lipinski definition) is 8. The molecular formula is C19H14N4O5S. The van der Waals surface area contributed by atoms with Crippen LogP contribution in [0.25, 0.3) is 22.4 Å². The lowest BCUT2D eigenvalue weighted by Gasteiger charge is -2.08. The third-order valence-electron chi connectivity index (χ3n) is 4.29. The van der Waals surface area contributed by atoms with Crippen LogP contribution in [0.5, 0.6) is 11.5 Å². The van der Waals surface area contributed by atoms with Gasteiger partial charge in [-0.25, -0.2) is 4.40 Å². The summed E-state index contributed by atoms with van der Waals surface area (Å²) in [5.74, 6) is 1.48. The normalized spacial score (nSPS) is 11.7. The van der Waals surface area contributed by atoms with Crippen molar-refractivity contribution >= 4 is 28.1 Å². The van der Waals surface area contributed by atoms with Gasteiger partial charge in [0.15, 0.2) is 17.3 Å². The number of ether oxygens (including phenoxy) is 2. The molecule has 2 aromatic carbocycles. The molecule has 0 aliphatic rings. The molecule has 0 spiro atoms. The molecule has 29 heavy (non-hydrogen) atoms. The Labute approximate surface area is 167 Å². The van der Waals surface area contributed by atoms with E-state index >= 15 is 0 Å². The number of nitro benzene ring substituents is 1. The lowest BCUT2D eigenvalue weighted by atomic mass is 10.2. The number of nitrogens with zero attached hydrogens (tertiary/aromatic N) is 4. The molecular weight excluding hydrogens is 396 g/mol. The molecule has 0 bridgehead atoms. The van der Waals surface area contributed by atoms with Crippen LogP contribution in [0.15, 0.2) is 47.3 Å². The Morgan fingerprint density at radius 3 is 2.45 bits per heavy atom. The summed E-state index contributed by atoms with van der Waals surface area (Å²) in [7, 11) is 3.07. The quantitative estimate of drug-likeness (QED) is 0.367. The Bertz CT molecular complexity index is 1330. The van der Waals surface area contributed by atoms with Gasteiger partial charge in [-0.2, -0.15) is 0 Å². The number of aromatic nitrogens is 3. The topological polar surface area (TPSA) is 109 Å². The van der Waals surface area contributed by atoms with Crippen LogP contribution in [0.4, 0.5) is 5.69 Å². The van der Waals surface area contributed by atoms with Gasteiger partial charge in [-0.15, -0.1) is 10.2 Å². The van der Waals surface area contributed by atoms with Gasteiger partial charge in [-0.1, -0.05) is 11.3 Å². The zero-order valence-electron chi connectivity index (χ0n) is 15.4. The highest BCUT2D eigenvalue weighted by Gasteiger charge is 2.16. The highest BCUT2D eigenvalue weighted by Crippen LogP contribution is 2.31. The highest BCUT2D eigenvalue weighted by atomic mass is 32.1. The van der Waals surface area contributed by atoms with E-state index in [0.29, 0.717) is 37.9 Å². The fourth-order valence-electron chi connectivity index (χ4n) is 2.87. The molecule has 2 heterocycles. The molecule has 0 amide bonds. The molecule has 10 heteroatoms. The van der Waals surface area contributed by atoms with Crippen LogP contribution in [0.2, 0.25) is 0 Å². The minimum Gasteiger partial charge on any atom is -0.493 e. The SMILES string of the molecule is COc1ccc(-c2nnc3s/c(=C/c4ccc([N+](=O)[O-])cc4)c(=O)n23)cc1OC. The number of rotatable bonds is 5. The molecule has 2 aromatic heterocycles. The summed E-state index contributed by atoms with van der Waals surface area (Å²) in [5.41, 5.74) is 1.06. The van der Waals surface area contributed by atoms with Crippen LogP contribution in [0, 0.1) is 10.1 Å². The second-order valence-electron chi connectivity index (χ2n) is 5.98. The smallest absolute Gasteiger partial charge is 0.276 e. The van der Waals surface area contributed by atoms with Crippen molar-refractivity contribution in [2.45, 2.75) is 0 Å². The van der Waals surface area contributed by atoms with Crippen molar-refractivity contribution in [3.05, 3.63) is 73.0 Å². The van der Waals surface area contributed by atoms with E-state index in [2.05, 4.69) is 10.2 Å². The van der Waals surface area contributed by atoms with Crippen molar-refractivity contribution in [2.24, 2.45) is 0 Å². The highest BCUT2D eigenvalue weighted by molar-refractivity contribution is 7.15. The lowest BCUT2D eigenvalue weighted by Crippen LogP contribution is -2.23. The van der Waals surface area contributed by atoms with Gasteiger partial charge in [-0.05, 0) is 42.0 Å². The number of methoxy groups -OCH3 is 2. The molecule has 0 radical (unpaired) electrons. The molecule has 4 aromatic rings. The maximum absolute atomic E-state index is 12.9. The van der Waals surface area contributed by atoms with Crippen LogP contribution in [-0.4, -0.2) is 33.7 Å². The number of nitro groups is 1. The molecule has 0 aliphatic heterocycles. The van der Waals surface area contributed by atoms with Gasteiger partial charge in [0.05, 0.1) is 23.7 Å². The molecule has 0 saturated carbocycles. The Kier molecular flexibility index (Phi) is 4.69. The van der Waals surface area contributed by atoms with E-state index < -0.39 is 4.92 Å². The summed E-state index contributed by atoms with van der Waals surface area (Å²) in [5, 5.41) is 19.0. The van der Waals surface area contributed by atoms with Gasteiger partial charge in [0.2, 0.25) is 4.96 Å². The Morgan fingerprint density at radius 1 is 1.07 bits per heavy atom. The van der Waals surface area contributed by atoms with Crippen molar-refractivity contribution in [3.8, 4) is 22.9 Å². The fraction of sp³-hybridized carbons (Fsp3) is 0.105. The van der Waals surface area contributed by atoms with E-state index in [0.717, 1.165) is 0 Å². The zero-order chi connectivity index (χ0) is 20.5. The number of non-ortho nitro benzene ring substituents is 1. The summed E-state index contributed by atoms with van der Waals surface area (Å²) >= 11 is 1.19.